The molecule has 0 heterocycles. The molecule has 0 fully saturated rings. The maximum atomic E-state index is 10.8. The standard InChI is InChI=1S/C9H18N2O3/c1-2-3-4-5-6-14-9(13)11-7-8(10)12/h2-7H2,1H3,(H2,10,12)(H,11,13). The molecular weight excluding hydrogens is 184 g/mol. The van der Waals surface area contributed by atoms with E-state index in [0.29, 0.717) is 6.61 Å². The third kappa shape index (κ3) is 8.83. The number of rotatable bonds is 7. The molecule has 0 radical (unpaired) electrons. The van der Waals surface area contributed by atoms with Crippen molar-refractivity contribution in [2.24, 2.45) is 5.73 Å². The number of carbonyl (C=O) groups is 2. The van der Waals surface area contributed by atoms with Crippen LogP contribution < -0.4 is 11.1 Å². The van der Waals surface area contributed by atoms with Gasteiger partial charge in [-0.05, 0) is 6.42 Å². The Bertz CT molecular complexity index is 183. The van der Waals surface area contributed by atoms with Gasteiger partial charge >= 0.3 is 6.09 Å². The highest BCUT2D eigenvalue weighted by Gasteiger charge is 2.02. The largest absolute Gasteiger partial charge is 0.450 e. The van der Waals surface area contributed by atoms with E-state index in [-0.39, 0.29) is 6.54 Å². The zero-order valence-corrected chi connectivity index (χ0v) is 8.54. The molecule has 0 aromatic carbocycles. The van der Waals surface area contributed by atoms with Gasteiger partial charge in [-0.25, -0.2) is 4.79 Å². The predicted octanol–water partition coefficient (Wildman–Crippen LogP) is 0.778. The Morgan fingerprint density at radius 1 is 1.29 bits per heavy atom. The van der Waals surface area contributed by atoms with E-state index in [1.54, 1.807) is 0 Å². The maximum Gasteiger partial charge on any atom is 0.407 e. The lowest BCUT2D eigenvalue weighted by Crippen LogP contribution is -2.33. The van der Waals surface area contributed by atoms with E-state index in [4.69, 9.17) is 10.5 Å². The van der Waals surface area contributed by atoms with Crippen LogP contribution in [0.1, 0.15) is 32.6 Å². The summed E-state index contributed by atoms with van der Waals surface area (Å²) in [7, 11) is 0. The predicted molar refractivity (Wildman–Crippen MR) is 52.7 cm³/mol. The molecule has 0 aliphatic rings. The first kappa shape index (κ1) is 12.7. The topological polar surface area (TPSA) is 81.4 Å². The summed E-state index contributed by atoms with van der Waals surface area (Å²) < 4.78 is 4.78. The van der Waals surface area contributed by atoms with Gasteiger partial charge in [0.25, 0.3) is 0 Å². The van der Waals surface area contributed by atoms with Crippen molar-refractivity contribution < 1.29 is 14.3 Å². The number of alkyl carbamates (subject to hydrolysis) is 1. The lowest BCUT2D eigenvalue weighted by molar-refractivity contribution is -0.117. The smallest absolute Gasteiger partial charge is 0.407 e. The first-order valence-corrected chi connectivity index (χ1v) is 4.85. The fourth-order valence-corrected chi connectivity index (χ4v) is 0.904. The van der Waals surface area contributed by atoms with Crippen LogP contribution >= 0.6 is 0 Å². The SMILES string of the molecule is CCCCCCOC(=O)NCC(N)=O. The fraction of sp³-hybridized carbons (Fsp3) is 0.778. The zero-order valence-electron chi connectivity index (χ0n) is 8.54. The number of nitrogens with two attached hydrogens (primary N) is 1. The van der Waals surface area contributed by atoms with Crippen LogP contribution in [-0.4, -0.2) is 25.2 Å². The summed E-state index contributed by atoms with van der Waals surface area (Å²) in [6.07, 6.45) is 3.62. The Kier molecular flexibility index (Phi) is 7.59. The minimum absolute atomic E-state index is 0.173. The van der Waals surface area contributed by atoms with Crippen LogP contribution in [0.4, 0.5) is 4.79 Å². The molecule has 0 aromatic rings. The molecule has 5 heteroatoms. The number of hydrogen-bond donors (Lipinski definition) is 2. The van der Waals surface area contributed by atoms with Crippen molar-refractivity contribution in [1.82, 2.24) is 5.32 Å². The van der Waals surface area contributed by atoms with Gasteiger partial charge in [-0.3, -0.25) is 4.79 Å². The van der Waals surface area contributed by atoms with Crippen molar-refractivity contribution in [3.8, 4) is 0 Å². The summed E-state index contributed by atoms with van der Waals surface area (Å²) in [4.78, 5) is 21.1. The second kappa shape index (κ2) is 8.34. The number of carbonyl (C=O) groups excluding carboxylic acids is 2. The van der Waals surface area contributed by atoms with Crippen LogP contribution in [0.3, 0.4) is 0 Å². The Balaban J connectivity index is 3.22. The molecule has 0 aromatic heterocycles. The molecular formula is C9H18N2O3. The second-order valence-electron chi connectivity index (χ2n) is 3.02. The van der Waals surface area contributed by atoms with Gasteiger partial charge < -0.3 is 15.8 Å². The highest BCUT2D eigenvalue weighted by atomic mass is 16.5. The summed E-state index contributed by atoms with van der Waals surface area (Å²) in [6.45, 7) is 2.33. The Morgan fingerprint density at radius 2 is 2.00 bits per heavy atom. The monoisotopic (exact) mass is 202 g/mol. The molecule has 82 valence electrons. The van der Waals surface area contributed by atoms with Crippen LogP contribution in [0.25, 0.3) is 0 Å². The molecule has 0 bridgehead atoms. The van der Waals surface area contributed by atoms with Crippen molar-refractivity contribution in [2.75, 3.05) is 13.2 Å². The van der Waals surface area contributed by atoms with E-state index in [0.717, 1.165) is 25.7 Å². The zero-order chi connectivity index (χ0) is 10.8. The lowest BCUT2D eigenvalue weighted by atomic mass is 10.2. The molecule has 0 rings (SSSR count). The summed E-state index contributed by atoms with van der Waals surface area (Å²) in [5, 5.41) is 2.24. The van der Waals surface area contributed by atoms with Crippen LogP contribution in [0.15, 0.2) is 0 Å². The first-order chi connectivity index (χ1) is 6.66. The number of amides is 2. The van der Waals surface area contributed by atoms with Crippen LogP contribution in [0.5, 0.6) is 0 Å². The van der Waals surface area contributed by atoms with Gasteiger partial charge in [0.05, 0.1) is 13.2 Å². The highest BCUT2D eigenvalue weighted by molar-refractivity contribution is 5.80. The molecule has 0 saturated heterocycles. The minimum Gasteiger partial charge on any atom is -0.450 e. The number of hydrogen-bond acceptors (Lipinski definition) is 3. The summed E-state index contributed by atoms with van der Waals surface area (Å²) >= 11 is 0. The van der Waals surface area contributed by atoms with E-state index in [1.165, 1.54) is 0 Å². The van der Waals surface area contributed by atoms with Gasteiger partial charge in [0, 0.05) is 0 Å². The minimum atomic E-state index is -0.583. The third-order valence-electron chi connectivity index (χ3n) is 1.64. The lowest BCUT2D eigenvalue weighted by Gasteiger charge is -2.04. The Morgan fingerprint density at radius 3 is 2.57 bits per heavy atom. The summed E-state index contributed by atoms with van der Waals surface area (Å²) in [5.41, 5.74) is 4.83. The molecule has 5 nitrogen and oxygen atoms in total. The van der Waals surface area contributed by atoms with Crippen molar-refractivity contribution in [2.45, 2.75) is 32.6 Å². The van der Waals surface area contributed by atoms with E-state index in [9.17, 15) is 9.59 Å². The average molecular weight is 202 g/mol. The second-order valence-corrected chi connectivity index (χ2v) is 3.02. The Labute approximate surface area is 84.0 Å². The fourth-order valence-electron chi connectivity index (χ4n) is 0.904. The van der Waals surface area contributed by atoms with Crippen molar-refractivity contribution in [3.05, 3.63) is 0 Å². The van der Waals surface area contributed by atoms with Crippen LogP contribution in [0, 0.1) is 0 Å². The molecule has 0 aliphatic carbocycles. The van der Waals surface area contributed by atoms with E-state index in [1.807, 2.05) is 0 Å². The highest BCUT2D eigenvalue weighted by Crippen LogP contribution is 1.98. The maximum absolute atomic E-state index is 10.8. The van der Waals surface area contributed by atoms with E-state index in [2.05, 4.69) is 12.2 Å². The molecule has 0 aliphatic heterocycles. The first-order valence-electron chi connectivity index (χ1n) is 4.85. The van der Waals surface area contributed by atoms with Crippen molar-refractivity contribution >= 4 is 12.0 Å². The van der Waals surface area contributed by atoms with Gasteiger partial charge in [-0.1, -0.05) is 26.2 Å². The van der Waals surface area contributed by atoms with Gasteiger partial charge in [0.15, 0.2) is 0 Å². The molecule has 0 atom stereocenters. The quantitative estimate of drug-likeness (QED) is 0.598. The van der Waals surface area contributed by atoms with Gasteiger partial charge in [0.1, 0.15) is 0 Å². The molecule has 3 N–H and O–H groups in total. The van der Waals surface area contributed by atoms with Gasteiger partial charge in [-0.2, -0.15) is 0 Å². The molecule has 0 spiro atoms. The number of unbranched alkanes of at least 4 members (excludes halogenated alkanes) is 3. The number of nitrogens with one attached hydrogen (secondary N) is 1. The molecule has 0 unspecified atom stereocenters. The molecule has 14 heavy (non-hydrogen) atoms. The normalized spacial score (nSPS) is 9.50. The average Bonchev–Trinajstić information content (AvgIpc) is 2.14. The number of primary amides is 1. The molecule has 0 saturated carbocycles. The summed E-state index contributed by atoms with van der Waals surface area (Å²) in [6, 6.07) is 0. The van der Waals surface area contributed by atoms with E-state index < -0.39 is 12.0 Å². The van der Waals surface area contributed by atoms with Crippen molar-refractivity contribution in [1.29, 1.82) is 0 Å². The van der Waals surface area contributed by atoms with E-state index >= 15 is 0 Å². The van der Waals surface area contributed by atoms with Gasteiger partial charge in [-0.15, -0.1) is 0 Å². The molecule has 2 amide bonds. The Hall–Kier alpha value is -1.26. The van der Waals surface area contributed by atoms with Crippen LogP contribution in [-0.2, 0) is 9.53 Å². The summed E-state index contributed by atoms with van der Waals surface area (Å²) in [5.74, 6) is -0.576. The van der Waals surface area contributed by atoms with Crippen LogP contribution in [0.2, 0.25) is 0 Å². The van der Waals surface area contributed by atoms with Crippen molar-refractivity contribution in [3.63, 3.8) is 0 Å². The number of ether oxygens (including phenoxy) is 1. The third-order valence-corrected chi connectivity index (χ3v) is 1.64. The van der Waals surface area contributed by atoms with Gasteiger partial charge in [0.2, 0.25) is 5.91 Å².